The summed E-state index contributed by atoms with van der Waals surface area (Å²) in [6, 6.07) is 5.67. The van der Waals surface area contributed by atoms with E-state index in [1.165, 1.54) is 6.42 Å². The monoisotopic (exact) mass is 276 g/mol. The van der Waals surface area contributed by atoms with Crippen molar-refractivity contribution in [1.82, 2.24) is 0 Å². The lowest BCUT2D eigenvalue weighted by molar-refractivity contribution is -0.120. The smallest absolute Gasteiger partial charge is 0.227 e. The number of amides is 1. The highest BCUT2D eigenvalue weighted by atomic mass is 16.5. The summed E-state index contributed by atoms with van der Waals surface area (Å²) in [5.41, 5.74) is 7.46. The van der Waals surface area contributed by atoms with Gasteiger partial charge < -0.3 is 15.8 Å². The highest BCUT2D eigenvalue weighted by molar-refractivity contribution is 5.92. The van der Waals surface area contributed by atoms with E-state index in [0.717, 1.165) is 42.7 Å². The van der Waals surface area contributed by atoms with Crippen LogP contribution in [0.4, 0.5) is 5.69 Å². The van der Waals surface area contributed by atoms with Crippen molar-refractivity contribution >= 4 is 11.6 Å². The van der Waals surface area contributed by atoms with E-state index >= 15 is 0 Å². The van der Waals surface area contributed by atoms with E-state index in [-0.39, 0.29) is 11.8 Å². The Morgan fingerprint density at radius 1 is 1.35 bits per heavy atom. The summed E-state index contributed by atoms with van der Waals surface area (Å²) in [4.78, 5) is 12.2. The molecule has 1 aliphatic rings. The second kappa shape index (κ2) is 7.29. The van der Waals surface area contributed by atoms with E-state index in [9.17, 15) is 4.79 Å². The van der Waals surface area contributed by atoms with Crippen molar-refractivity contribution in [2.24, 2.45) is 11.7 Å². The molecule has 20 heavy (non-hydrogen) atoms. The van der Waals surface area contributed by atoms with E-state index in [1.807, 2.05) is 25.1 Å². The lowest BCUT2D eigenvalue weighted by Crippen LogP contribution is -2.24. The Labute approximate surface area is 120 Å². The van der Waals surface area contributed by atoms with Crippen LogP contribution in [0.2, 0.25) is 0 Å². The molecule has 1 aromatic carbocycles. The molecule has 0 atom stereocenters. The van der Waals surface area contributed by atoms with Gasteiger partial charge >= 0.3 is 0 Å². The number of nitrogens with two attached hydrogens (primary N) is 1. The van der Waals surface area contributed by atoms with Crippen molar-refractivity contribution in [3.63, 3.8) is 0 Å². The Bertz CT molecular complexity index is 454. The van der Waals surface area contributed by atoms with Crippen molar-refractivity contribution in [2.45, 2.75) is 45.6 Å². The predicted octanol–water partition coefficient (Wildman–Crippen LogP) is 3.06. The fraction of sp³-hybridized carbons (Fsp3) is 0.562. The molecule has 4 nitrogen and oxygen atoms in total. The summed E-state index contributed by atoms with van der Waals surface area (Å²) in [6.45, 7) is 2.96. The minimum atomic E-state index is 0.136. The van der Waals surface area contributed by atoms with Gasteiger partial charge in [0.05, 0.1) is 6.61 Å². The molecule has 0 aromatic heterocycles. The third-order valence-corrected chi connectivity index (χ3v) is 3.82. The molecule has 1 aromatic rings. The van der Waals surface area contributed by atoms with Gasteiger partial charge in [0.15, 0.2) is 0 Å². The fourth-order valence-electron chi connectivity index (χ4n) is 2.72. The van der Waals surface area contributed by atoms with Gasteiger partial charge in [-0.05, 0) is 38.0 Å². The van der Waals surface area contributed by atoms with Crippen LogP contribution in [0.25, 0.3) is 0 Å². The van der Waals surface area contributed by atoms with Gasteiger partial charge in [0, 0.05) is 23.7 Å². The summed E-state index contributed by atoms with van der Waals surface area (Å²) in [5.74, 6) is 1.10. The molecule has 0 saturated heterocycles. The maximum absolute atomic E-state index is 12.2. The summed E-state index contributed by atoms with van der Waals surface area (Å²) >= 11 is 0. The Balaban J connectivity index is 2.03. The topological polar surface area (TPSA) is 64.3 Å². The van der Waals surface area contributed by atoms with E-state index in [2.05, 4.69) is 5.32 Å². The predicted molar refractivity (Wildman–Crippen MR) is 80.7 cm³/mol. The Morgan fingerprint density at radius 3 is 2.75 bits per heavy atom. The van der Waals surface area contributed by atoms with E-state index in [4.69, 9.17) is 10.5 Å². The van der Waals surface area contributed by atoms with Crippen LogP contribution in [0.15, 0.2) is 18.2 Å². The maximum Gasteiger partial charge on any atom is 0.227 e. The normalized spacial score (nSPS) is 15.9. The molecule has 0 heterocycles. The average molecular weight is 276 g/mol. The SMILES string of the molecule is CCOc1ccc(NC(=O)C2CCCCC2)cc1CN. The van der Waals surface area contributed by atoms with Gasteiger partial charge in [-0.1, -0.05) is 19.3 Å². The maximum atomic E-state index is 12.2. The molecule has 4 heteroatoms. The zero-order valence-electron chi connectivity index (χ0n) is 12.2. The number of ether oxygens (including phenoxy) is 1. The highest BCUT2D eigenvalue weighted by Crippen LogP contribution is 2.26. The number of carbonyl (C=O) groups excluding carboxylic acids is 1. The standard InChI is InChI=1S/C16H24N2O2/c1-2-20-15-9-8-14(10-13(15)11-17)18-16(19)12-6-4-3-5-7-12/h8-10,12H,2-7,11,17H2,1H3,(H,18,19). The number of hydrogen-bond acceptors (Lipinski definition) is 3. The van der Waals surface area contributed by atoms with Gasteiger partial charge in [-0.3, -0.25) is 4.79 Å². The van der Waals surface area contributed by atoms with Crippen LogP contribution in [0.3, 0.4) is 0 Å². The van der Waals surface area contributed by atoms with Gasteiger partial charge in [-0.15, -0.1) is 0 Å². The Kier molecular flexibility index (Phi) is 5.41. The molecule has 1 fully saturated rings. The van der Waals surface area contributed by atoms with Crippen LogP contribution in [-0.2, 0) is 11.3 Å². The minimum absolute atomic E-state index is 0.136. The van der Waals surface area contributed by atoms with Crippen LogP contribution in [-0.4, -0.2) is 12.5 Å². The van der Waals surface area contributed by atoms with Gasteiger partial charge in [-0.2, -0.15) is 0 Å². The number of carbonyl (C=O) groups is 1. The molecular weight excluding hydrogens is 252 g/mol. The minimum Gasteiger partial charge on any atom is -0.494 e. The second-order valence-electron chi connectivity index (χ2n) is 5.28. The van der Waals surface area contributed by atoms with Crippen molar-refractivity contribution in [1.29, 1.82) is 0 Å². The fourth-order valence-corrected chi connectivity index (χ4v) is 2.72. The Hall–Kier alpha value is -1.55. The molecule has 0 bridgehead atoms. The molecule has 2 rings (SSSR count). The molecular formula is C16H24N2O2. The summed E-state index contributed by atoms with van der Waals surface area (Å²) in [5, 5.41) is 3.01. The number of rotatable bonds is 5. The van der Waals surface area contributed by atoms with Crippen molar-refractivity contribution in [3.05, 3.63) is 23.8 Å². The molecule has 0 spiro atoms. The van der Waals surface area contributed by atoms with Gasteiger partial charge in [0.2, 0.25) is 5.91 Å². The summed E-state index contributed by atoms with van der Waals surface area (Å²) < 4.78 is 5.51. The van der Waals surface area contributed by atoms with Gasteiger partial charge in [0.1, 0.15) is 5.75 Å². The molecule has 1 aliphatic carbocycles. The first-order chi connectivity index (χ1) is 9.74. The van der Waals surface area contributed by atoms with Crippen LogP contribution in [0, 0.1) is 5.92 Å². The van der Waals surface area contributed by atoms with E-state index in [1.54, 1.807) is 0 Å². The number of anilines is 1. The third-order valence-electron chi connectivity index (χ3n) is 3.82. The summed E-state index contributed by atoms with van der Waals surface area (Å²) in [6.07, 6.45) is 5.59. The molecule has 3 N–H and O–H groups in total. The first-order valence-corrected chi connectivity index (χ1v) is 7.51. The zero-order chi connectivity index (χ0) is 14.4. The first kappa shape index (κ1) is 14.9. The lowest BCUT2D eigenvalue weighted by atomic mass is 9.88. The number of hydrogen-bond donors (Lipinski definition) is 2. The quantitative estimate of drug-likeness (QED) is 0.868. The van der Waals surface area contributed by atoms with Crippen LogP contribution < -0.4 is 15.8 Å². The average Bonchev–Trinajstić information content (AvgIpc) is 2.50. The Morgan fingerprint density at radius 2 is 2.10 bits per heavy atom. The summed E-state index contributed by atoms with van der Waals surface area (Å²) in [7, 11) is 0. The highest BCUT2D eigenvalue weighted by Gasteiger charge is 2.21. The third kappa shape index (κ3) is 3.73. The molecule has 0 unspecified atom stereocenters. The molecule has 1 saturated carbocycles. The number of nitrogens with one attached hydrogen (secondary N) is 1. The van der Waals surface area contributed by atoms with Crippen molar-refractivity contribution in [2.75, 3.05) is 11.9 Å². The van der Waals surface area contributed by atoms with E-state index < -0.39 is 0 Å². The van der Waals surface area contributed by atoms with Crippen LogP contribution in [0.5, 0.6) is 5.75 Å². The van der Waals surface area contributed by atoms with Crippen molar-refractivity contribution < 1.29 is 9.53 Å². The molecule has 1 amide bonds. The van der Waals surface area contributed by atoms with Crippen molar-refractivity contribution in [3.8, 4) is 5.75 Å². The molecule has 0 aliphatic heterocycles. The van der Waals surface area contributed by atoms with Crippen LogP contribution >= 0.6 is 0 Å². The lowest BCUT2D eigenvalue weighted by Gasteiger charge is -2.21. The van der Waals surface area contributed by atoms with E-state index in [0.29, 0.717) is 13.2 Å². The van der Waals surface area contributed by atoms with Gasteiger partial charge in [-0.25, -0.2) is 0 Å². The van der Waals surface area contributed by atoms with Gasteiger partial charge in [0.25, 0.3) is 0 Å². The molecule has 0 radical (unpaired) electrons. The second-order valence-corrected chi connectivity index (χ2v) is 5.28. The van der Waals surface area contributed by atoms with Crippen LogP contribution in [0.1, 0.15) is 44.6 Å². The largest absolute Gasteiger partial charge is 0.494 e. The zero-order valence-corrected chi connectivity index (χ0v) is 12.2. The number of benzene rings is 1. The first-order valence-electron chi connectivity index (χ1n) is 7.51. The molecule has 110 valence electrons.